The molecule has 2 atom stereocenters. The molecule has 3 aromatic heterocycles. The fourth-order valence-corrected chi connectivity index (χ4v) is 4.55. The van der Waals surface area contributed by atoms with E-state index in [4.69, 9.17) is 4.52 Å². The normalized spacial score (nSPS) is 13.2. The Morgan fingerprint density at radius 1 is 1.19 bits per heavy atom. The maximum Gasteiger partial charge on any atom is 0.147 e. The molecule has 0 radical (unpaired) electrons. The molecule has 3 N–H and O–H groups in total. The van der Waals surface area contributed by atoms with Crippen LogP contribution in [0, 0.1) is 5.92 Å². The molecule has 4 rings (SSSR count). The van der Waals surface area contributed by atoms with E-state index in [9.17, 15) is 9.90 Å². The number of para-hydroxylation sites is 1. The summed E-state index contributed by atoms with van der Waals surface area (Å²) in [5, 5.41) is 26.3. The molecular formula is C32H41N7O4. The second kappa shape index (κ2) is 16.8. The number of fused-ring (bicyclic) bond motifs is 1. The van der Waals surface area contributed by atoms with Crippen LogP contribution < -0.4 is 5.32 Å². The van der Waals surface area contributed by atoms with Gasteiger partial charge < -0.3 is 29.5 Å². The molecule has 4 aromatic rings. The number of aromatic amines is 1. The summed E-state index contributed by atoms with van der Waals surface area (Å²) < 4.78 is 9.69. The van der Waals surface area contributed by atoms with Gasteiger partial charge in [0.25, 0.3) is 0 Å². The maximum absolute atomic E-state index is 11.5. The van der Waals surface area contributed by atoms with Gasteiger partial charge in [-0.05, 0) is 63.3 Å². The molecule has 0 saturated carbocycles. The molecule has 0 saturated heterocycles. The van der Waals surface area contributed by atoms with Crippen LogP contribution in [0.25, 0.3) is 27.9 Å². The molecule has 0 bridgehead atoms. The standard InChI is InChI=1S/C30H35N7O3.C2H6O/c1-19(2)23(18-38)30-15-25(37-40-30)21(16-32-4)17-33-12-10-20(9-11-31-3)24-13-28-27(34-24)14-26(35-36-28)22-7-5-6-8-29(22)39;1-3-2/h5-8,13-20,23,31,34,39H,4,9-12H2,1-3H3;1-2H3/b21-16+,33-17?;. The topological polar surface area (TPSA) is 151 Å². The van der Waals surface area contributed by atoms with Crippen LogP contribution in [-0.2, 0) is 9.53 Å². The van der Waals surface area contributed by atoms with Crippen LogP contribution in [-0.4, -0.2) is 79.0 Å². The third kappa shape index (κ3) is 9.00. The molecule has 0 spiro atoms. The van der Waals surface area contributed by atoms with E-state index in [-0.39, 0.29) is 23.5 Å². The largest absolute Gasteiger partial charge is 0.507 e. The quantitative estimate of drug-likeness (QED) is 0.131. The van der Waals surface area contributed by atoms with E-state index in [1.807, 2.05) is 45.2 Å². The van der Waals surface area contributed by atoms with Crippen molar-refractivity contribution in [3.05, 3.63) is 65.8 Å². The maximum atomic E-state index is 11.5. The van der Waals surface area contributed by atoms with Crippen molar-refractivity contribution in [3.63, 3.8) is 0 Å². The lowest BCUT2D eigenvalue weighted by Crippen LogP contribution is -2.13. The van der Waals surface area contributed by atoms with Crippen molar-refractivity contribution in [2.45, 2.75) is 38.5 Å². The number of aldehydes is 1. The Hall–Kier alpha value is -4.48. The average Bonchev–Trinajstić information content (AvgIpc) is 3.64. The Morgan fingerprint density at radius 2 is 1.95 bits per heavy atom. The number of allylic oxidation sites excluding steroid dienone is 1. The second-order valence-electron chi connectivity index (χ2n) is 10.4. The zero-order valence-electron chi connectivity index (χ0n) is 25.4. The van der Waals surface area contributed by atoms with Crippen LogP contribution in [0.1, 0.15) is 55.7 Å². The fraction of sp³-hybridized carbons (Fsp3) is 0.375. The van der Waals surface area contributed by atoms with Gasteiger partial charge in [-0.25, -0.2) is 0 Å². The van der Waals surface area contributed by atoms with Crippen molar-refractivity contribution in [1.29, 1.82) is 0 Å². The third-order valence-electron chi connectivity index (χ3n) is 6.84. The first-order valence-electron chi connectivity index (χ1n) is 14.1. The second-order valence-corrected chi connectivity index (χ2v) is 10.4. The third-order valence-corrected chi connectivity index (χ3v) is 6.84. The Balaban J connectivity index is 0.00000162. The first kappa shape index (κ1) is 33.0. The average molecular weight is 588 g/mol. The molecule has 11 heteroatoms. The summed E-state index contributed by atoms with van der Waals surface area (Å²) in [5.41, 5.74) is 5.14. The van der Waals surface area contributed by atoms with Gasteiger partial charge in [0.2, 0.25) is 0 Å². The van der Waals surface area contributed by atoms with Crippen LogP contribution in [0.5, 0.6) is 5.75 Å². The first-order chi connectivity index (χ1) is 20.9. The molecule has 1 aromatic carbocycles. The fourth-order valence-electron chi connectivity index (χ4n) is 4.55. The van der Waals surface area contributed by atoms with Gasteiger partial charge in [-0.1, -0.05) is 31.1 Å². The lowest BCUT2D eigenvalue weighted by atomic mass is 9.94. The van der Waals surface area contributed by atoms with Gasteiger partial charge in [-0.2, -0.15) is 0 Å². The highest BCUT2D eigenvalue weighted by molar-refractivity contribution is 6.09. The Morgan fingerprint density at radius 3 is 2.63 bits per heavy atom. The van der Waals surface area contributed by atoms with E-state index in [1.54, 1.807) is 44.8 Å². The van der Waals surface area contributed by atoms with Crippen LogP contribution >= 0.6 is 0 Å². The predicted molar refractivity (Wildman–Crippen MR) is 171 cm³/mol. The number of nitrogens with one attached hydrogen (secondary N) is 2. The molecule has 228 valence electrons. The molecule has 11 nitrogen and oxygen atoms in total. The summed E-state index contributed by atoms with van der Waals surface area (Å²) in [6.45, 7) is 8.89. The molecule has 3 heterocycles. The van der Waals surface area contributed by atoms with Crippen molar-refractivity contribution in [2.75, 3.05) is 34.4 Å². The summed E-state index contributed by atoms with van der Waals surface area (Å²) >= 11 is 0. The van der Waals surface area contributed by atoms with Crippen LogP contribution in [0.4, 0.5) is 0 Å². The number of methoxy groups -OCH3 is 1. The molecule has 2 unspecified atom stereocenters. The number of phenolic OH excluding ortho intramolecular Hbond substituents is 1. The van der Waals surface area contributed by atoms with Gasteiger partial charge in [0.15, 0.2) is 0 Å². The van der Waals surface area contributed by atoms with Crippen molar-refractivity contribution < 1.29 is 19.2 Å². The number of ether oxygens (including phenoxy) is 1. The minimum atomic E-state index is -0.362. The van der Waals surface area contributed by atoms with Crippen molar-refractivity contribution >= 4 is 35.8 Å². The van der Waals surface area contributed by atoms with E-state index in [0.717, 1.165) is 42.4 Å². The SMILES string of the molecule is C=N/C=C(\C=NCCC(CCNC)c1cc2nnc(-c3ccccc3O)cc2[nH]1)c1cc(C(C=O)C(C)C)on1.COC. The van der Waals surface area contributed by atoms with Crippen molar-refractivity contribution in [2.24, 2.45) is 15.9 Å². The van der Waals surface area contributed by atoms with E-state index in [1.165, 1.54) is 0 Å². The van der Waals surface area contributed by atoms with Gasteiger partial charge in [0, 0.05) is 62.0 Å². The Bertz CT molecular complexity index is 1520. The van der Waals surface area contributed by atoms with Crippen LogP contribution in [0.2, 0.25) is 0 Å². The zero-order chi connectivity index (χ0) is 31.2. The first-order valence-corrected chi connectivity index (χ1v) is 14.1. The van der Waals surface area contributed by atoms with E-state index in [0.29, 0.717) is 34.8 Å². The van der Waals surface area contributed by atoms with Gasteiger partial charge >= 0.3 is 0 Å². The smallest absolute Gasteiger partial charge is 0.147 e. The predicted octanol–water partition coefficient (Wildman–Crippen LogP) is 5.42. The summed E-state index contributed by atoms with van der Waals surface area (Å²) in [6, 6.07) is 12.8. The number of phenols is 1. The highest BCUT2D eigenvalue weighted by Gasteiger charge is 2.21. The molecule has 0 amide bonds. The number of H-pyrrole nitrogens is 1. The lowest BCUT2D eigenvalue weighted by Gasteiger charge is -2.14. The summed E-state index contributed by atoms with van der Waals surface area (Å²) in [5.74, 6) is 0.621. The molecule has 0 aliphatic heterocycles. The van der Waals surface area contributed by atoms with E-state index >= 15 is 0 Å². The number of benzene rings is 1. The number of aromatic nitrogens is 4. The molecule has 0 fully saturated rings. The van der Waals surface area contributed by atoms with Crippen LogP contribution in [0.3, 0.4) is 0 Å². The van der Waals surface area contributed by atoms with E-state index in [2.05, 4.69) is 47.1 Å². The molecule has 43 heavy (non-hydrogen) atoms. The lowest BCUT2D eigenvalue weighted by molar-refractivity contribution is -0.110. The number of rotatable bonds is 14. The molecular weight excluding hydrogens is 546 g/mol. The van der Waals surface area contributed by atoms with Gasteiger partial charge in [-0.3, -0.25) is 9.98 Å². The highest BCUT2D eigenvalue weighted by atomic mass is 16.5. The summed E-state index contributed by atoms with van der Waals surface area (Å²) in [4.78, 5) is 23.5. The number of aromatic hydroxyl groups is 1. The van der Waals surface area contributed by atoms with E-state index < -0.39 is 0 Å². The summed E-state index contributed by atoms with van der Waals surface area (Å²) in [7, 11) is 5.19. The zero-order valence-corrected chi connectivity index (χ0v) is 25.4. The summed E-state index contributed by atoms with van der Waals surface area (Å²) in [6.07, 6.45) is 5.87. The Kier molecular flexibility index (Phi) is 12.9. The highest BCUT2D eigenvalue weighted by Crippen LogP contribution is 2.31. The van der Waals surface area contributed by atoms with Gasteiger partial charge in [0.1, 0.15) is 29.0 Å². The van der Waals surface area contributed by atoms with Crippen molar-refractivity contribution in [3.8, 4) is 17.0 Å². The molecule has 0 aliphatic carbocycles. The minimum Gasteiger partial charge on any atom is -0.507 e. The number of hydrogen-bond acceptors (Lipinski definition) is 10. The van der Waals surface area contributed by atoms with Gasteiger partial charge in [-0.15, -0.1) is 10.2 Å². The van der Waals surface area contributed by atoms with Crippen molar-refractivity contribution in [1.82, 2.24) is 25.7 Å². The number of carbonyl (C=O) groups excluding carboxylic acids is 1. The number of hydrogen-bond donors (Lipinski definition) is 3. The molecule has 0 aliphatic rings. The number of carbonyl (C=O) groups is 1. The Labute approximate surface area is 252 Å². The number of nitrogens with zero attached hydrogens (tertiary/aromatic N) is 5. The minimum absolute atomic E-state index is 0.0965. The van der Waals surface area contributed by atoms with Crippen LogP contribution in [0.15, 0.2) is 63.2 Å². The number of aliphatic imine (C=N–C) groups is 2. The monoisotopic (exact) mass is 587 g/mol. The van der Waals surface area contributed by atoms with Gasteiger partial charge in [0.05, 0.1) is 17.1 Å².